The Morgan fingerprint density at radius 3 is 2.00 bits per heavy atom. The fraction of sp³-hybridized carbons (Fsp3) is 0.385. The van der Waals surface area contributed by atoms with Gasteiger partial charge in [0, 0.05) is 66.8 Å². The standard InChI is InChI=1S/C39H45N2O3.C7H8.C5H12.CH4O/c1-6-14-29(36(42)15-7-2)16-13-25-43-41(5)35-20-12-11-19-32(35)39-33-23-21-28(3)26-37(33)44-38-27-31(22-24-34(38)39)40(4)30-17-9-8-10-18-30;1-7-5-3-2-4-6-7;1-4-5(2)3;1-2/h8-12,17-24,26-27,29H,6-7,13-16,25H2,1-5H3;2-6H,1H3;5H,4H2,1-3H3;2H,1H3/q+1;;;. The maximum Gasteiger partial charge on any atom is 0.209 e. The van der Waals surface area contributed by atoms with Gasteiger partial charge >= 0.3 is 0 Å². The summed E-state index contributed by atoms with van der Waals surface area (Å²) in [5.41, 5.74) is 8.67. The summed E-state index contributed by atoms with van der Waals surface area (Å²) >= 11 is 0. The molecule has 1 atom stereocenters. The van der Waals surface area contributed by atoms with E-state index in [1.807, 2.05) is 42.4 Å². The molecule has 1 N–H and O–H groups in total. The molecule has 1 aliphatic heterocycles. The van der Waals surface area contributed by atoms with Gasteiger partial charge in [0.15, 0.2) is 0 Å². The molecule has 1 unspecified atom stereocenters. The Labute approximate surface area is 349 Å². The van der Waals surface area contributed by atoms with Gasteiger partial charge < -0.3 is 9.52 Å². The molecule has 0 aromatic heterocycles. The molecule has 0 radical (unpaired) electrons. The van der Waals surface area contributed by atoms with Crippen LogP contribution in [0.4, 0.5) is 11.4 Å². The van der Waals surface area contributed by atoms with Crippen LogP contribution in [-0.4, -0.2) is 38.7 Å². The Bertz CT molecular complexity index is 2120. The SMILES string of the molecule is CCC(C)C.CCCC(=O)C(CCC)CCCON(C)c1ccccc1-c1c2ccc(=[N+](C)c3ccccc3)cc-2oc2cc(C)ccc12.CO.Cc1ccccc1. The van der Waals surface area contributed by atoms with Crippen molar-refractivity contribution in [3.8, 4) is 22.5 Å². The van der Waals surface area contributed by atoms with Crippen LogP contribution in [0.1, 0.15) is 90.7 Å². The van der Waals surface area contributed by atoms with Gasteiger partial charge in [0.2, 0.25) is 11.0 Å². The minimum atomic E-state index is 0.140. The average Bonchev–Trinajstić information content (AvgIpc) is 3.25. The van der Waals surface area contributed by atoms with Crippen molar-refractivity contribution in [2.75, 3.05) is 32.9 Å². The second-order valence-corrected chi connectivity index (χ2v) is 15.2. The molecule has 2 aliphatic rings. The molecule has 0 saturated heterocycles. The minimum Gasteiger partial charge on any atom is -0.456 e. The van der Waals surface area contributed by atoms with Gasteiger partial charge in [-0.2, -0.15) is 4.58 Å². The van der Waals surface area contributed by atoms with Gasteiger partial charge in [-0.05, 0) is 69.2 Å². The molecule has 4 aromatic carbocycles. The first-order valence-corrected chi connectivity index (χ1v) is 21.1. The third-order valence-corrected chi connectivity index (χ3v) is 10.2. The third kappa shape index (κ3) is 14.1. The smallest absolute Gasteiger partial charge is 0.209 e. The molecule has 6 rings (SSSR count). The summed E-state index contributed by atoms with van der Waals surface area (Å²) in [4.78, 5) is 18.9. The molecule has 6 nitrogen and oxygen atoms in total. The summed E-state index contributed by atoms with van der Waals surface area (Å²) in [7, 11) is 5.05. The molecule has 6 heteroatoms. The zero-order valence-electron chi connectivity index (χ0n) is 36.9. The first-order chi connectivity index (χ1) is 28.1. The molecule has 58 heavy (non-hydrogen) atoms. The van der Waals surface area contributed by atoms with Gasteiger partial charge in [-0.25, -0.2) is 0 Å². The third-order valence-electron chi connectivity index (χ3n) is 10.2. The van der Waals surface area contributed by atoms with Crippen LogP contribution in [0.3, 0.4) is 0 Å². The number of aryl methyl sites for hydroxylation is 2. The number of benzene rings is 5. The van der Waals surface area contributed by atoms with E-state index in [2.05, 4.69) is 151 Å². The van der Waals surface area contributed by atoms with Crippen molar-refractivity contribution in [1.29, 1.82) is 0 Å². The summed E-state index contributed by atoms with van der Waals surface area (Å²) < 4.78 is 8.75. The number of aliphatic hydroxyl groups is 1. The topological polar surface area (TPSA) is 65.9 Å². The van der Waals surface area contributed by atoms with Crippen LogP contribution >= 0.6 is 0 Å². The number of Topliss-reactive ketones (excluding diaryl/α,β-unsaturated/α-hetero) is 1. The van der Waals surface area contributed by atoms with Gasteiger partial charge in [-0.15, -0.1) is 0 Å². The number of hydroxylamine groups is 1. The van der Waals surface area contributed by atoms with Crippen LogP contribution in [0.25, 0.3) is 33.4 Å². The van der Waals surface area contributed by atoms with Crippen LogP contribution in [-0.2, 0) is 9.63 Å². The number of ketones is 1. The lowest BCUT2D eigenvalue weighted by molar-refractivity contribution is -0.123. The first-order valence-electron chi connectivity index (χ1n) is 21.1. The van der Waals surface area contributed by atoms with Crippen LogP contribution in [0.2, 0.25) is 0 Å². The Morgan fingerprint density at radius 1 is 0.759 bits per heavy atom. The summed E-state index contributed by atoms with van der Waals surface area (Å²) in [6.07, 6.45) is 6.60. The molecule has 0 fully saturated rings. The van der Waals surface area contributed by atoms with Crippen molar-refractivity contribution in [2.24, 2.45) is 11.8 Å². The van der Waals surface area contributed by atoms with Crippen molar-refractivity contribution >= 4 is 28.1 Å². The second-order valence-electron chi connectivity index (χ2n) is 15.2. The normalized spacial score (nSPS) is 11.7. The zero-order valence-corrected chi connectivity index (χ0v) is 36.9. The lowest BCUT2D eigenvalue weighted by Gasteiger charge is -2.24. The van der Waals surface area contributed by atoms with E-state index < -0.39 is 0 Å². The van der Waals surface area contributed by atoms with Crippen molar-refractivity contribution in [3.63, 3.8) is 0 Å². The van der Waals surface area contributed by atoms with Crippen LogP contribution < -0.4 is 15.0 Å². The van der Waals surface area contributed by atoms with E-state index in [-0.39, 0.29) is 5.92 Å². The van der Waals surface area contributed by atoms with Gasteiger partial charge in [-0.3, -0.25) is 14.7 Å². The lowest BCUT2D eigenvalue weighted by Crippen LogP contribution is -2.21. The molecule has 0 bridgehead atoms. The van der Waals surface area contributed by atoms with E-state index in [4.69, 9.17) is 14.4 Å². The Hall–Kier alpha value is -5.04. The molecule has 1 heterocycles. The number of carbonyl (C=O) groups is 1. The fourth-order valence-electron chi connectivity index (χ4n) is 6.65. The quantitative estimate of drug-likeness (QED) is 0.0516. The zero-order chi connectivity index (χ0) is 42.5. The molecule has 0 spiro atoms. The number of fused-ring (bicyclic) bond motifs is 2. The number of aliphatic hydroxyl groups excluding tert-OH is 1. The Balaban J connectivity index is 0.000000549. The van der Waals surface area contributed by atoms with E-state index >= 15 is 0 Å². The second kappa shape index (κ2) is 25.3. The highest BCUT2D eigenvalue weighted by Crippen LogP contribution is 2.43. The number of rotatable bonds is 14. The van der Waals surface area contributed by atoms with E-state index in [0.29, 0.717) is 18.8 Å². The number of para-hydroxylation sites is 2. The van der Waals surface area contributed by atoms with E-state index in [9.17, 15) is 4.79 Å². The van der Waals surface area contributed by atoms with Gasteiger partial charge in [0.1, 0.15) is 24.2 Å². The number of anilines is 1. The molecule has 0 amide bonds. The Kier molecular flexibility index (Phi) is 20.7. The van der Waals surface area contributed by atoms with E-state index in [0.717, 1.165) is 101 Å². The monoisotopic (exact) mass is 786 g/mol. The minimum absolute atomic E-state index is 0.140. The molecular formula is C52H69N2O4+. The van der Waals surface area contributed by atoms with Gasteiger partial charge in [0.05, 0.1) is 18.4 Å². The van der Waals surface area contributed by atoms with Crippen molar-refractivity contribution in [2.45, 2.75) is 93.4 Å². The highest BCUT2D eigenvalue weighted by Gasteiger charge is 2.22. The molecule has 4 aromatic rings. The summed E-state index contributed by atoms with van der Waals surface area (Å²) in [6, 6.07) is 41.9. The summed E-state index contributed by atoms with van der Waals surface area (Å²) in [5.74, 6) is 2.25. The number of hydrogen-bond acceptors (Lipinski definition) is 5. The summed E-state index contributed by atoms with van der Waals surface area (Å²) in [5, 5.41) is 11.0. The predicted molar refractivity (Wildman–Crippen MR) is 247 cm³/mol. The van der Waals surface area contributed by atoms with E-state index in [1.165, 1.54) is 12.0 Å². The summed E-state index contributed by atoms with van der Waals surface area (Å²) in [6.45, 7) is 15.6. The van der Waals surface area contributed by atoms with Crippen molar-refractivity contribution < 1.29 is 19.2 Å². The van der Waals surface area contributed by atoms with Crippen LogP contribution in [0, 0.1) is 25.7 Å². The molecule has 310 valence electrons. The van der Waals surface area contributed by atoms with Gasteiger partial charge in [-0.1, -0.05) is 132 Å². The van der Waals surface area contributed by atoms with E-state index in [1.54, 1.807) is 0 Å². The molecular weight excluding hydrogens is 717 g/mol. The number of nitrogens with zero attached hydrogens (tertiary/aromatic N) is 2. The maximum atomic E-state index is 12.6. The molecule has 1 aliphatic carbocycles. The van der Waals surface area contributed by atoms with Crippen molar-refractivity contribution in [1.82, 2.24) is 4.58 Å². The Morgan fingerprint density at radius 2 is 1.40 bits per heavy atom. The first kappa shape index (κ1) is 47.3. The largest absolute Gasteiger partial charge is 0.456 e. The predicted octanol–water partition coefficient (Wildman–Crippen LogP) is 12.8. The van der Waals surface area contributed by atoms with Crippen LogP contribution in [0.15, 0.2) is 126 Å². The lowest BCUT2D eigenvalue weighted by atomic mass is 9.91. The fourth-order valence-corrected chi connectivity index (χ4v) is 6.65. The average molecular weight is 786 g/mol. The highest BCUT2D eigenvalue weighted by molar-refractivity contribution is 6.04. The van der Waals surface area contributed by atoms with Gasteiger partial charge in [0.25, 0.3) is 0 Å². The van der Waals surface area contributed by atoms with Crippen molar-refractivity contribution in [3.05, 3.63) is 138 Å². The number of hydrogen-bond donors (Lipinski definition) is 1. The maximum absolute atomic E-state index is 12.6. The highest BCUT2D eigenvalue weighted by atomic mass is 16.7. The molecule has 0 saturated carbocycles. The van der Waals surface area contributed by atoms with Crippen LogP contribution in [0.5, 0.6) is 0 Å². The number of carbonyl (C=O) groups excluding carboxylic acids is 1.